The second-order valence-corrected chi connectivity index (χ2v) is 6.71. The van der Waals surface area contributed by atoms with Crippen LogP contribution in [0.2, 0.25) is 0 Å². The Kier molecular flexibility index (Phi) is 5.44. The van der Waals surface area contributed by atoms with E-state index in [4.69, 9.17) is 4.42 Å². The number of nitrogens with zero attached hydrogens (tertiary/aromatic N) is 1. The third-order valence-corrected chi connectivity index (χ3v) is 4.64. The first-order valence-corrected chi connectivity index (χ1v) is 9.42. The van der Waals surface area contributed by atoms with Crippen LogP contribution in [-0.4, -0.2) is 23.2 Å². The van der Waals surface area contributed by atoms with Gasteiger partial charge in [0.1, 0.15) is 5.58 Å². The first-order valence-electron chi connectivity index (χ1n) is 9.42. The Morgan fingerprint density at radius 2 is 1.68 bits per heavy atom. The van der Waals surface area contributed by atoms with Gasteiger partial charge in [-0.15, -0.1) is 0 Å². The monoisotopic (exact) mass is 415 g/mol. The molecule has 0 aliphatic heterocycles. The summed E-state index contributed by atoms with van der Waals surface area (Å²) >= 11 is 0. The molecule has 0 spiro atoms. The highest BCUT2D eigenvalue weighted by molar-refractivity contribution is 6.12. The van der Waals surface area contributed by atoms with Crippen molar-refractivity contribution < 1.29 is 18.9 Å². The second-order valence-electron chi connectivity index (χ2n) is 6.71. The topological polar surface area (TPSA) is 114 Å². The lowest BCUT2D eigenvalue weighted by Gasteiger charge is -2.08. The molecule has 154 valence electrons. The van der Waals surface area contributed by atoms with Crippen molar-refractivity contribution in [2.24, 2.45) is 0 Å². The number of rotatable bonds is 7. The average molecular weight is 415 g/mol. The van der Waals surface area contributed by atoms with Gasteiger partial charge in [0.25, 0.3) is 11.6 Å². The summed E-state index contributed by atoms with van der Waals surface area (Å²) in [7, 11) is 0. The summed E-state index contributed by atoms with van der Waals surface area (Å²) in [5.74, 6) is -0.784. The van der Waals surface area contributed by atoms with E-state index in [1.54, 1.807) is 48.5 Å². The van der Waals surface area contributed by atoms with Crippen molar-refractivity contribution in [3.63, 3.8) is 0 Å². The number of benzene rings is 3. The zero-order chi connectivity index (χ0) is 21.8. The quantitative estimate of drug-likeness (QED) is 0.252. The van der Waals surface area contributed by atoms with Crippen LogP contribution in [0.25, 0.3) is 11.0 Å². The highest BCUT2D eigenvalue weighted by Gasteiger charge is 2.22. The summed E-state index contributed by atoms with van der Waals surface area (Å²) in [5, 5.41) is 17.3. The van der Waals surface area contributed by atoms with E-state index in [1.165, 1.54) is 24.3 Å². The van der Waals surface area contributed by atoms with E-state index in [2.05, 4.69) is 10.6 Å². The van der Waals surface area contributed by atoms with Gasteiger partial charge in [0, 0.05) is 28.8 Å². The van der Waals surface area contributed by atoms with E-state index in [0.717, 1.165) is 0 Å². The lowest BCUT2D eigenvalue weighted by atomic mass is 10.1. The van der Waals surface area contributed by atoms with Crippen LogP contribution in [-0.2, 0) is 0 Å². The SMILES string of the molecule is O=C(CNc1c(C(=O)Nc2ccccc2)oc2ccccc12)c1cccc([N+](=O)[O-])c1. The molecule has 0 bridgehead atoms. The third-order valence-electron chi connectivity index (χ3n) is 4.64. The van der Waals surface area contributed by atoms with Crippen molar-refractivity contribution in [3.05, 3.63) is 100 Å². The standard InChI is InChI=1S/C23H17N3O5/c27-19(15-7-6-10-17(13-15)26(29)30)14-24-21-18-11-4-5-12-20(18)31-22(21)23(28)25-16-8-2-1-3-9-16/h1-13,24H,14H2,(H,25,28). The number of carbonyl (C=O) groups excluding carboxylic acids is 2. The molecule has 0 radical (unpaired) electrons. The van der Waals surface area contributed by atoms with Crippen LogP contribution in [0.1, 0.15) is 20.9 Å². The summed E-state index contributed by atoms with van der Waals surface area (Å²) in [6.45, 7) is -0.170. The van der Waals surface area contributed by atoms with Crippen LogP contribution in [0.4, 0.5) is 17.1 Å². The van der Waals surface area contributed by atoms with Crippen LogP contribution in [0.3, 0.4) is 0 Å². The molecule has 2 N–H and O–H groups in total. The Balaban J connectivity index is 1.60. The van der Waals surface area contributed by atoms with Gasteiger partial charge in [-0.25, -0.2) is 0 Å². The van der Waals surface area contributed by atoms with Gasteiger partial charge in [-0.3, -0.25) is 19.7 Å². The number of anilines is 2. The van der Waals surface area contributed by atoms with E-state index >= 15 is 0 Å². The van der Waals surface area contributed by atoms with E-state index < -0.39 is 10.8 Å². The molecular weight excluding hydrogens is 398 g/mol. The zero-order valence-corrected chi connectivity index (χ0v) is 16.2. The molecule has 8 heteroatoms. The fraction of sp³-hybridized carbons (Fsp3) is 0.0435. The van der Waals surface area contributed by atoms with Crippen LogP contribution in [0, 0.1) is 10.1 Å². The van der Waals surface area contributed by atoms with Gasteiger partial charge in [-0.2, -0.15) is 0 Å². The zero-order valence-electron chi connectivity index (χ0n) is 16.2. The average Bonchev–Trinajstić information content (AvgIpc) is 3.17. The Labute approximate surface area is 176 Å². The normalized spacial score (nSPS) is 10.6. The first-order chi connectivity index (χ1) is 15.0. The van der Waals surface area contributed by atoms with Crippen molar-refractivity contribution in [2.45, 2.75) is 0 Å². The molecule has 1 heterocycles. The fourth-order valence-electron chi connectivity index (χ4n) is 3.15. The van der Waals surface area contributed by atoms with Gasteiger partial charge in [-0.05, 0) is 24.3 Å². The van der Waals surface area contributed by atoms with Crippen molar-refractivity contribution in [1.82, 2.24) is 0 Å². The number of nitro benzene ring substituents is 1. The predicted molar refractivity (Wildman–Crippen MR) is 117 cm³/mol. The maximum atomic E-state index is 12.8. The highest BCUT2D eigenvalue weighted by Crippen LogP contribution is 2.31. The Morgan fingerprint density at radius 3 is 2.45 bits per heavy atom. The number of ketones is 1. The van der Waals surface area contributed by atoms with Crippen LogP contribution in [0.5, 0.6) is 0 Å². The fourth-order valence-corrected chi connectivity index (χ4v) is 3.15. The highest BCUT2D eigenvalue weighted by atomic mass is 16.6. The third kappa shape index (κ3) is 4.27. The maximum Gasteiger partial charge on any atom is 0.293 e. The predicted octanol–water partition coefficient (Wildman–Crippen LogP) is 4.89. The number of furan rings is 1. The summed E-state index contributed by atoms with van der Waals surface area (Å²) in [4.78, 5) is 35.8. The number of para-hydroxylation sites is 2. The smallest absolute Gasteiger partial charge is 0.293 e. The molecule has 0 atom stereocenters. The minimum atomic E-state index is -0.556. The van der Waals surface area contributed by atoms with Gasteiger partial charge in [0.15, 0.2) is 5.78 Å². The number of Topliss-reactive ketones (excluding diaryl/α,β-unsaturated/α-hetero) is 1. The van der Waals surface area contributed by atoms with Gasteiger partial charge in [0.05, 0.1) is 17.2 Å². The number of fused-ring (bicyclic) bond motifs is 1. The number of hydrogen-bond donors (Lipinski definition) is 2. The summed E-state index contributed by atoms with van der Waals surface area (Å²) < 4.78 is 5.75. The van der Waals surface area contributed by atoms with E-state index in [-0.39, 0.29) is 29.3 Å². The number of amides is 1. The number of non-ortho nitro benzene ring substituents is 1. The molecule has 0 saturated heterocycles. The Bertz CT molecular complexity index is 1280. The van der Waals surface area contributed by atoms with Crippen LogP contribution < -0.4 is 10.6 Å². The molecule has 0 saturated carbocycles. The second kappa shape index (κ2) is 8.50. The van der Waals surface area contributed by atoms with Crippen molar-refractivity contribution >= 4 is 39.7 Å². The Hall–Kier alpha value is -4.46. The molecule has 0 aliphatic carbocycles. The lowest BCUT2D eigenvalue weighted by Crippen LogP contribution is -2.17. The van der Waals surface area contributed by atoms with Gasteiger partial charge in [0.2, 0.25) is 5.76 Å². The number of nitro groups is 1. The maximum absolute atomic E-state index is 12.8. The van der Waals surface area contributed by atoms with Gasteiger partial charge in [-0.1, -0.05) is 42.5 Å². The number of carbonyl (C=O) groups is 2. The largest absolute Gasteiger partial charge is 0.449 e. The molecule has 4 rings (SSSR count). The minimum absolute atomic E-state index is 0.0388. The van der Waals surface area contributed by atoms with Crippen molar-refractivity contribution in [2.75, 3.05) is 17.2 Å². The molecule has 0 aliphatic rings. The molecule has 3 aromatic carbocycles. The van der Waals surface area contributed by atoms with Crippen molar-refractivity contribution in [1.29, 1.82) is 0 Å². The molecule has 8 nitrogen and oxygen atoms in total. The molecule has 1 aromatic heterocycles. The molecule has 4 aromatic rings. The Morgan fingerprint density at radius 1 is 0.935 bits per heavy atom. The van der Waals surface area contributed by atoms with E-state index in [1.807, 2.05) is 6.07 Å². The lowest BCUT2D eigenvalue weighted by molar-refractivity contribution is -0.384. The minimum Gasteiger partial charge on any atom is -0.449 e. The summed E-state index contributed by atoms with van der Waals surface area (Å²) in [6.07, 6.45) is 0. The summed E-state index contributed by atoms with van der Waals surface area (Å²) in [5.41, 5.74) is 1.51. The molecule has 1 amide bonds. The first kappa shape index (κ1) is 19.8. The molecule has 0 fully saturated rings. The van der Waals surface area contributed by atoms with Gasteiger partial charge < -0.3 is 15.1 Å². The van der Waals surface area contributed by atoms with Crippen molar-refractivity contribution in [3.8, 4) is 0 Å². The molecular formula is C23H17N3O5. The van der Waals surface area contributed by atoms with Gasteiger partial charge >= 0.3 is 0 Å². The number of hydrogen-bond acceptors (Lipinski definition) is 6. The molecule has 0 unspecified atom stereocenters. The number of nitrogens with one attached hydrogen (secondary N) is 2. The van der Waals surface area contributed by atoms with Crippen LogP contribution in [0.15, 0.2) is 83.3 Å². The van der Waals surface area contributed by atoms with Crippen LogP contribution >= 0.6 is 0 Å². The van der Waals surface area contributed by atoms with E-state index in [9.17, 15) is 19.7 Å². The summed E-state index contributed by atoms with van der Waals surface area (Å²) in [6, 6.07) is 21.5. The van der Waals surface area contributed by atoms with E-state index in [0.29, 0.717) is 22.3 Å². The molecule has 31 heavy (non-hydrogen) atoms.